The second-order valence-electron chi connectivity index (χ2n) is 3.61. The van der Waals surface area contributed by atoms with Crippen molar-refractivity contribution in [1.82, 2.24) is 19.9 Å². The highest BCUT2D eigenvalue weighted by atomic mass is 35.5. The zero-order valence-corrected chi connectivity index (χ0v) is 11.2. The highest BCUT2D eigenvalue weighted by Crippen LogP contribution is 2.18. The van der Waals surface area contributed by atoms with E-state index >= 15 is 0 Å². The lowest BCUT2D eigenvalue weighted by Crippen LogP contribution is -2.17. The molecule has 2 N–H and O–H groups in total. The number of H-pyrrole nitrogens is 1. The second kappa shape index (κ2) is 5.07. The molecule has 2 aromatic rings. The van der Waals surface area contributed by atoms with Gasteiger partial charge in [0.2, 0.25) is 5.28 Å². The van der Waals surface area contributed by atoms with Gasteiger partial charge in [-0.05, 0) is 11.6 Å². The molecule has 98 valence electrons. The van der Waals surface area contributed by atoms with E-state index < -0.39 is 9.84 Å². The van der Waals surface area contributed by atoms with Crippen molar-refractivity contribution in [3.8, 4) is 0 Å². The third-order valence-corrected chi connectivity index (χ3v) is 4.28. The summed E-state index contributed by atoms with van der Waals surface area (Å²) in [6.07, 6.45) is 1.48. The maximum Gasteiger partial charge on any atom is 0.226 e. The van der Waals surface area contributed by atoms with Crippen LogP contribution in [0.1, 0.15) is 6.92 Å². The van der Waals surface area contributed by atoms with Crippen molar-refractivity contribution in [2.24, 2.45) is 0 Å². The molecule has 0 spiro atoms. The average molecular weight is 290 g/mol. The fourth-order valence-electron chi connectivity index (χ4n) is 1.40. The summed E-state index contributed by atoms with van der Waals surface area (Å²) in [5.41, 5.74) is 1.05. The van der Waals surface area contributed by atoms with Crippen molar-refractivity contribution < 1.29 is 8.42 Å². The lowest BCUT2D eigenvalue weighted by atomic mass is 10.5. The Morgan fingerprint density at radius 1 is 1.44 bits per heavy atom. The zero-order valence-electron chi connectivity index (χ0n) is 9.64. The molecule has 7 nitrogen and oxygen atoms in total. The van der Waals surface area contributed by atoms with E-state index in [1.807, 2.05) is 0 Å². The molecule has 0 fully saturated rings. The Hall–Kier alpha value is -1.41. The Kier molecular flexibility index (Phi) is 3.67. The first-order chi connectivity index (χ1) is 8.52. The molecule has 0 atom stereocenters. The summed E-state index contributed by atoms with van der Waals surface area (Å²) in [5, 5.41) is 2.98. The minimum Gasteiger partial charge on any atom is -0.367 e. The van der Waals surface area contributed by atoms with Crippen LogP contribution < -0.4 is 5.32 Å². The summed E-state index contributed by atoms with van der Waals surface area (Å²) in [6, 6.07) is 0. The van der Waals surface area contributed by atoms with E-state index in [2.05, 4.69) is 25.3 Å². The van der Waals surface area contributed by atoms with Crippen LogP contribution in [0.25, 0.3) is 11.2 Å². The average Bonchev–Trinajstić information content (AvgIpc) is 2.76. The van der Waals surface area contributed by atoms with Crippen molar-refractivity contribution in [3.05, 3.63) is 11.6 Å². The van der Waals surface area contributed by atoms with Crippen molar-refractivity contribution >= 4 is 38.4 Å². The number of nitrogens with one attached hydrogen (secondary N) is 2. The molecule has 9 heteroatoms. The summed E-state index contributed by atoms with van der Waals surface area (Å²) < 4.78 is 22.7. The molecule has 0 aliphatic rings. The fourth-order valence-corrected chi connectivity index (χ4v) is 2.27. The summed E-state index contributed by atoms with van der Waals surface area (Å²) in [5.74, 6) is 0.619. The highest BCUT2D eigenvalue weighted by Gasteiger charge is 2.10. The number of aromatic nitrogens is 4. The van der Waals surface area contributed by atoms with E-state index in [1.54, 1.807) is 6.92 Å². The maximum atomic E-state index is 11.4. The first-order valence-corrected chi connectivity index (χ1v) is 7.52. The van der Waals surface area contributed by atoms with Crippen LogP contribution in [0.2, 0.25) is 5.28 Å². The molecule has 2 heterocycles. The highest BCUT2D eigenvalue weighted by molar-refractivity contribution is 7.91. The van der Waals surface area contributed by atoms with Crippen LogP contribution in [0.5, 0.6) is 0 Å². The van der Waals surface area contributed by atoms with Crippen molar-refractivity contribution in [2.75, 3.05) is 23.4 Å². The fraction of sp³-hybridized carbons (Fsp3) is 0.444. The molecule has 0 bridgehead atoms. The lowest BCUT2D eigenvalue weighted by molar-refractivity contribution is 0.597. The van der Waals surface area contributed by atoms with Gasteiger partial charge in [-0.1, -0.05) is 6.92 Å². The van der Waals surface area contributed by atoms with Crippen LogP contribution in [-0.2, 0) is 9.84 Å². The summed E-state index contributed by atoms with van der Waals surface area (Å²) >= 11 is 5.74. The third kappa shape index (κ3) is 2.88. The molecular formula is C9H12ClN5O2S. The normalized spacial score (nSPS) is 11.9. The van der Waals surface area contributed by atoms with Crippen molar-refractivity contribution in [1.29, 1.82) is 0 Å². The SMILES string of the molecule is CCS(=O)(=O)CCNc1nc(Cl)nc2nc[nH]c12. The van der Waals surface area contributed by atoms with E-state index in [0.717, 1.165) is 0 Å². The van der Waals surface area contributed by atoms with Gasteiger partial charge in [-0.3, -0.25) is 0 Å². The van der Waals surface area contributed by atoms with E-state index in [-0.39, 0.29) is 23.3 Å². The molecule has 0 aliphatic carbocycles. The first-order valence-electron chi connectivity index (χ1n) is 5.33. The van der Waals surface area contributed by atoms with Crippen molar-refractivity contribution in [2.45, 2.75) is 6.92 Å². The van der Waals surface area contributed by atoms with Gasteiger partial charge in [0.15, 0.2) is 21.3 Å². The van der Waals surface area contributed by atoms with Gasteiger partial charge in [0, 0.05) is 12.3 Å². The quantitative estimate of drug-likeness (QED) is 0.792. The van der Waals surface area contributed by atoms with Crippen LogP contribution >= 0.6 is 11.6 Å². The minimum atomic E-state index is -3.00. The molecular weight excluding hydrogens is 278 g/mol. The van der Waals surface area contributed by atoms with Crippen LogP contribution in [0.3, 0.4) is 0 Å². The number of anilines is 1. The molecule has 0 amide bonds. The molecule has 0 saturated heterocycles. The van der Waals surface area contributed by atoms with Gasteiger partial charge in [-0.15, -0.1) is 0 Å². The van der Waals surface area contributed by atoms with Gasteiger partial charge < -0.3 is 10.3 Å². The Morgan fingerprint density at radius 3 is 2.94 bits per heavy atom. The van der Waals surface area contributed by atoms with E-state index in [4.69, 9.17) is 11.6 Å². The van der Waals surface area contributed by atoms with Gasteiger partial charge in [0.05, 0.1) is 12.1 Å². The van der Waals surface area contributed by atoms with Gasteiger partial charge in [0.25, 0.3) is 0 Å². The van der Waals surface area contributed by atoms with Crippen molar-refractivity contribution in [3.63, 3.8) is 0 Å². The Balaban J connectivity index is 2.14. The molecule has 0 unspecified atom stereocenters. The third-order valence-electron chi connectivity index (χ3n) is 2.40. The van der Waals surface area contributed by atoms with Crippen LogP contribution in [0, 0.1) is 0 Å². The Morgan fingerprint density at radius 2 is 2.22 bits per heavy atom. The number of nitrogens with zero attached hydrogens (tertiary/aromatic N) is 3. The number of fused-ring (bicyclic) bond motifs is 1. The smallest absolute Gasteiger partial charge is 0.226 e. The number of rotatable bonds is 5. The molecule has 2 aromatic heterocycles. The predicted octanol–water partition coefficient (Wildman–Crippen LogP) is 0.853. The van der Waals surface area contributed by atoms with Gasteiger partial charge in [-0.25, -0.2) is 13.4 Å². The van der Waals surface area contributed by atoms with Crippen LogP contribution in [0.4, 0.5) is 5.82 Å². The number of aromatic amines is 1. The molecule has 18 heavy (non-hydrogen) atoms. The van der Waals surface area contributed by atoms with E-state index in [0.29, 0.717) is 17.0 Å². The summed E-state index contributed by atoms with van der Waals surface area (Å²) in [4.78, 5) is 14.8. The topological polar surface area (TPSA) is 101 Å². The number of sulfone groups is 1. The Labute approximate surface area is 109 Å². The predicted molar refractivity (Wildman–Crippen MR) is 69.5 cm³/mol. The monoisotopic (exact) mass is 289 g/mol. The molecule has 0 aromatic carbocycles. The zero-order chi connectivity index (χ0) is 13.2. The van der Waals surface area contributed by atoms with E-state index in [1.165, 1.54) is 6.33 Å². The van der Waals surface area contributed by atoms with Gasteiger partial charge in [0.1, 0.15) is 5.52 Å². The molecule has 0 radical (unpaired) electrons. The number of imidazole rings is 1. The van der Waals surface area contributed by atoms with E-state index in [9.17, 15) is 8.42 Å². The first kappa shape index (κ1) is 13.0. The standard InChI is InChI=1S/C9H12ClN5O2S/c1-2-18(16,17)4-3-11-7-6-8(13-5-12-6)15-9(10)14-7/h5H,2-4H2,1H3,(H2,11,12,13,14,15). The number of hydrogen-bond acceptors (Lipinski definition) is 6. The lowest BCUT2D eigenvalue weighted by Gasteiger charge is -2.06. The van der Waals surface area contributed by atoms with Gasteiger partial charge in [-0.2, -0.15) is 9.97 Å². The summed E-state index contributed by atoms with van der Waals surface area (Å²) in [7, 11) is -3.00. The molecule has 0 aliphatic heterocycles. The minimum absolute atomic E-state index is 0.0424. The second-order valence-corrected chi connectivity index (χ2v) is 6.42. The number of hydrogen-bond donors (Lipinski definition) is 2. The van der Waals surface area contributed by atoms with Crippen LogP contribution in [0.15, 0.2) is 6.33 Å². The van der Waals surface area contributed by atoms with Gasteiger partial charge >= 0.3 is 0 Å². The van der Waals surface area contributed by atoms with Crippen LogP contribution in [-0.4, -0.2) is 46.4 Å². The molecule has 2 rings (SSSR count). The summed E-state index contributed by atoms with van der Waals surface area (Å²) in [6.45, 7) is 1.88. The largest absolute Gasteiger partial charge is 0.367 e. The molecule has 0 saturated carbocycles. The maximum absolute atomic E-state index is 11.4. The Bertz CT molecular complexity index is 654. The number of halogens is 1.